The van der Waals surface area contributed by atoms with E-state index in [-0.39, 0.29) is 12.4 Å². The van der Waals surface area contributed by atoms with E-state index in [2.05, 4.69) is 9.97 Å². The second-order valence-corrected chi connectivity index (χ2v) is 5.97. The van der Waals surface area contributed by atoms with Crippen molar-refractivity contribution in [1.29, 1.82) is 0 Å². The van der Waals surface area contributed by atoms with E-state index in [0.29, 0.717) is 18.7 Å². The maximum Gasteiger partial charge on any atom is 0.187 e. The number of aromatic nitrogens is 2. The molecule has 118 valence electrons. The first kappa shape index (κ1) is 16.4. The van der Waals surface area contributed by atoms with E-state index in [9.17, 15) is 9.50 Å². The number of hydrogen-bond acceptors (Lipinski definition) is 4. The maximum atomic E-state index is 14.6. The van der Waals surface area contributed by atoms with Gasteiger partial charge in [0, 0.05) is 13.1 Å². The lowest BCUT2D eigenvalue weighted by Gasteiger charge is -2.30. The standard InChI is InChI=1S/C17H22FN3O/c1-4-14-15(18)16(20-12-19-14)21(11-17(2,3)22)10-13-8-6-5-7-9-13/h5-9,12,22H,4,10-11H2,1-3H3. The number of hydrogen-bond donors (Lipinski definition) is 1. The molecule has 1 N–H and O–H groups in total. The number of aryl methyl sites for hydroxylation is 1. The van der Waals surface area contributed by atoms with Gasteiger partial charge in [0.05, 0.1) is 11.3 Å². The van der Waals surface area contributed by atoms with Crippen LogP contribution >= 0.6 is 0 Å². The minimum atomic E-state index is -0.960. The lowest BCUT2D eigenvalue weighted by molar-refractivity contribution is 0.0866. The first-order chi connectivity index (χ1) is 10.4. The summed E-state index contributed by atoms with van der Waals surface area (Å²) in [5, 5.41) is 10.1. The van der Waals surface area contributed by atoms with Crippen molar-refractivity contribution < 1.29 is 9.50 Å². The Balaban J connectivity index is 2.36. The minimum Gasteiger partial charge on any atom is -0.389 e. The molecule has 1 aromatic heterocycles. The summed E-state index contributed by atoms with van der Waals surface area (Å²) in [5.74, 6) is -0.178. The third kappa shape index (κ3) is 4.24. The molecule has 0 radical (unpaired) electrons. The van der Waals surface area contributed by atoms with Gasteiger partial charge in [-0.1, -0.05) is 37.3 Å². The summed E-state index contributed by atoms with van der Waals surface area (Å²) in [6.45, 7) is 6.00. The van der Waals surface area contributed by atoms with Gasteiger partial charge in [-0.3, -0.25) is 0 Å². The number of nitrogens with zero attached hydrogens (tertiary/aromatic N) is 3. The van der Waals surface area contributed by atoms with E-state index in [1.54, 1.807) is 18.7 Å². The summed E-state index contributed by atoms with van der Waals surface area (Å²) in [6.07, 6.45) is 1.88. The van der Waals surface area contributed by atoms with Gasteiger partial charge in [0.2, 0.25) is 0 Å². The largest absolute Gasteiger partial charge is 0.389 e. The van der Waals surface area contributed by atoms with Gasteiger partial charge < -0.3 is 10.0 Å². The number of halogens is 1. The predicted molar refractivity (Wildman–Crippen MR) is 85.2 cm³/mol. The van der Waals surface area contributed by atoms with E-state index in [1.165, 1.54) is 6.33 Å². The van der Waals surface area contributed by atoms with Crippen molar-refractivity contribution in [2.45, 2.75) is 39.3 Å². The molecule has 0 amide bonds. The summed E-state index contributed by atoms with van der Waals surface area (Å²) in [6, 6.07) is 9.75. The van der Waals surface area contributed by atoms with Crippen LogP contribution in [0.3, 0.4) is 0 Å². The van der Waals surface area contributed by atoms with E-state index < -0.39 is 11.4 Å². The summed E-state index contributed by atoms with van der Waals surface area (Å²) in [7, 11) is 0. The zero-order chi connectivity index (χ0) is 16.2. The summed E-state index contributed by atoms with van der Waals surface area (Å²) in [4.78, 5) is 9.82. The molecular weight excluding hydrogens is 281 g/mol. The fourth-order valence-corrected chi connectivity index (χ4v) is 2.34. The summed E-state index contributed by atoms with van der Waals surface area (Å²) >= 11 is 0. The molecule has 0 aliphatic carbocycles. The Labute approximate surface area is 130 Å². The van der Waals surface area contributed by atoms with Crippen molar-refractivity contribution in [3.8, 4) is 0 Å². The van der Waals surface area contributed by atoms with Crippen LogP contribution in [0.2, 0.25) is 0 Å². The van der Waals surface area contributed by atoms with Crippen molar-refractivity contribution in [2.75, 3.05) is 11.4 Å². The van der Waals surface area contributed by atoms with Crippen LogP contribution in [0.5, 0.6) is 0 Å². The van der Waals surface area contributed by atoms with Gasteiger partial charge in [-0.15, -0.1) is 0 Å². The van der Waals surface area contributed by atoms with Crippen LogP contribution in [0.15, 0.2) is 36.7 Å². The number of anilines is 1. The minimum absolute atomic E-state index is 0.234. The van der Waals surface area contributed by atoms with Crippen LogP contribution in [0.4, 0.5) is 10.2 Å². The first-order valence-corrected chi connectivity index (χ1v) is 7.41. The molecule has 5 heteroatoms. The number of rotatable bonds is 6. The lowest BCUT2D eigenvalue weighted by Crippen LogP contribution is -2.39. The highest BCUT2D eigenvalue weighted by Gasteiger charge is 2.23. The first-order valence-electron chi connectivity index (χ1n) is 7.41. The predicted octanol–water partition coefficient (Wildman–Crippen LogP) is 2.96. The molecule has 1 heterocycles. The maximum absolute atomic E-state index is 14.6. The monoisotopic (exact) mass is 303 g/mol. The van der Waals surface area contributed by atoms with E-state index in [1.807, 2.05) is 37.3 Å². The lowest BCUT2D eigenvalue weighted by atomic mass is 10.1. The molecule has 2 rings (SSSR count). The van der Waals surface area contributed by atoms with Crippen LogP contribution < -0.4 is 4.90 Å². The highest BCUT2D eigenvalue weighted by Crippen LogP contribution is 2.22. The second kappa shape index (κ2) is 6.83. The molecule has 0 aliphatic heterocycles. The topological polar surface area (TPSA) is 49.2 Å². The van der Waals surface area contributed by atoms with Crippen molar-refractivity contribution >= 4 is 5.82 Å². The highest BCUT2D eigenvalue weighted by atomic mass is 19.1. The van der Waals surface area contributed by atoms with Gasteiger partial charge in [0.15, 0.2) is 11.6 Å². The molecule has 0 saturated carbocycles. The Kier molecular flexibility index (Phi) is 5.08. The van der Waals surface area contributed by atoms with Gasteiger partial charge >= 0.3 is 0 Å². The van der Waals surface area contributed by atoms with Gasteiger partial charge in [-0.05, 0) is 25.8 Å². The molecule has 0 aliphatic rings. The molecule has 0 spiro atoms. The number of aliphatic hydroxyl groups is 1. The molecule has 2 aromatic rings. The van der Waals surface area contributed by atoms with Crippen LogP contribution in [0, 0.1) is 5.82 Å². The smallest absolute Gasteiger partial charge is 0.187 e. The Morgan fingerprint density at radius 2 is 1.86 bits per heavy atom. The van der Waals surface area contributed by atoms with Gasteiger partial charge in [-0.2, -0.15) is 0 Å². The van der Waals surface area contributed by atoms with Gasteiger partial charge in [0.1, 0.15) is 6.33 Å². The quantitative estimate of drug-likeness (QED) is 0.891. The zero-order valence-corrected chi connectivity index (χ0v) is 13.3. The van der Waals surface area contributed by atoms with E-state index in [0.717, 1.165) is 5.56 Å². The van der Waals surface area contributed by atoms with Crippen molar-refractivity contribution in [3.63, 3.8) is 0 Å². The van der Waals surface area contributed by atoms with Crippen molar-refractivity contribution in [2.24, 2.45) is 0 Å². The normalized spacial score (nSPS) is 11.5. The fourth-order valence-electron chi connectivity index (χ4n) is 2.34. The molecule has 1 aromatic carbocycles. The fraction of sp³-hybridized carbons (Fsp3) is 0.412. The third-order valence-corrected chi connectivity index (χ3v) is 3.27. The Hall–Kier alpha value is -2.01. The molecule has 0 saturated heterocycles. The molecule has 0 bridgehead atoms. The molecule has 0 fully saturated rings. The number of benzene rings is 1. The van der Waals surface area contributed by atoms with Gasteiger partial charge in [0.25, 0.3) is 0 Å². The third-order valence-electron chi connectivity index (χ3n) is 3.27. The average molecular weight is 303 g/mol. The van der Waals surface area contributed by atoms with Crippen LogP contribution in [0.1, 0.15) is 32.0 Å². The van der Waals surface area contributed by atoms with Crippen molar-refractivity contribution in [3.05, 3.63) is 53.7 Å². The summed E-state index contributed by atoms with van der Waals surface area (Å²) in [5.41, 5.74) is 0.458. The Morgan fingerprint density at radius 3 is 2.45 bits per heavy atom. The Morgan fingerprint density at radius 1 is 1.18 bits per heavy atom. The van der Waals surface area contributed by atoms with E-state index >= 15 is 0 Å². The van der Waals surface area contributed by atoms with Crippen LogP contribution in [-0.2, 0) is 13.0 Å². The highest BCUT2D eigenvalue weighted by molar-refractivity contribution is 5.42. The molecule has 4 nitrogen and oxygen atoms in total. The Bertz CT molecular complexity index is 611. The summed E-state index contributed by atoms with van der Waals surface area (Å²) < 4.78 is 14.6. The van der Waals surface area contributed by atoms with Gasteiger partial charge in [-0.25, -0.2) is 14.4 Å². The molecule has 0 unspecified atom stereocenters. The molecule has 0 atom stereocenters. The second-order valence-electron chi connectivity index (χ2n) is 5.97. The molecule has 22 heavy (non-hydrogen) atoms. The van der Waals surface area contributed by atoms with Crippen LogP contribution in [0.25, 0.3) is 0 Å². The van der Waals surface area contributed by atoms with Crippen molar-refractivity contribution in [1.82, 2.24) is 9.97 Å². The SMILES string of the molecule is CCc1ncnc(N(Cc2ccccc2)CC(C)(C)O)c1F. The van der Waals surface area contributed by atoms with Crippen LogP contribution in [-0.4, -0.2) is 27.2 Å². The van der Waals surface area contributed by atoms with E-state index in [4.69, 9.17) is 0 Å². The average Bonchev–Trinajstić information content (AvgIpc) is 2.46. The zero-order valence-electron chi connectivity index (χ0n) is 13.3. The molecular formula is C17H22FN3O.